The van der Waals surface area contributed by atoms with Crippen LogP contribution in [0.2, 0.25) is 0 Å². The van der Waals surface area contributed by atoms with E-state index in [1.165, 1.54) is 16.7 Å². The van der Waals surface area contributed by atoms with Crippen molar-refractivity contribution in [2.45, 2.75) is 6.42 Å². The number of halogens is 1. The van der Waals surface area contributed by atoms with Crippen LogP contribution < -0.4 is 0 Å². The molecule has 0 amide bonds. The molecule has 0 radical (unpaired) electrons. The predicted molar refractivity (Wildman–Crippen MR) is 87.1 cm³/mol. The van der Waals surface area contributed by atoms with Crippen LogP contribution in [0.25, 0.3) is 12.2 Å². The lowest BCUT2D eigenvalue weighted by atomic mass is 10.1. The Labute approximate surface area is 122 Å². The van der Waals surface area contributed by atoms with E-state index in [-0.39, 0.29) is 0 Å². The Hall–Kier alpha value is -0.990. The van der Waals surface area contributed by atoms with E-state index in [0.29, 0.717) is 0 Å². The third-order valence-electron chi connectivity index (χ3n) is 2.72. The molecule has 0 nitrogen and oxygen atoms in total. The fourth-order valence-corrected chi connectivity index (χ4v) is 2.21. The maximum absolute atomic E-state index is 4.24. The van der Waals surface area contributed by atoms with Crippen molar-refractivity contribution >= 4 is 40.7 Å². The molecule has 2 rings (SSSR count). The first-order chi connectivity index (χ1) is 8.78. The van der Waals surface area contributed by atoms with Crippen molar-refractivity contribution in [2.75, 3.05) is 5.75 Å². The summed E-state index contributed by atoms with van der Waals surface area (Å²) in [5.41, 5.74) is 3.77. The fourth-order valence-electron chi connectivity index (χ4n) is 1.69. The highest BCUT2D eigenvalue weighted by Gasteiger charge is 1.92. The van der Waals surface area contributed by atoms with Gasteiger partial charge < -0.3 is 0 Å². The first kappa shape index (κ1) is 13.4. The van der Waals surface area contributed by atoms with Crippen molar-refractivity contribution in [1.82, 2.24) is 0 Å². The van der Waals surface area contributed by atoms with Crippen LogP contribution in [0.15, 0.2) is 53.0 Å². The van der Waals surface area contributed by atoms with Crippen LogP contribution in [-0.4, -0.2) is 5.75 Å². The predicted octanol–water partition coefficient (Wildman–Crippen LogP) is 5.09. The van der Waals surface area contributed by atoms with Gasteiger partial charge in [0.25, 0.3) is 0 Å². The summed E-state index contributed by atoms with van der Waals surface area (Å²) in [6, 6.07) is 16.9. The summed E-state index contributed by atoms with van der Waals surface area (Å²) in [6.07, 6.45) is 5.29. The molecule has 0 heterocycles. The molecular weight excluding hydrogens is 304 g/mol. The van der Waals surface area contributed by atoms with Gasteiger partial charge in [0.15, 0.2) is 0 Å². The highest BCUT2D eigenvalue weighted by Crippen LogP contribution is 2.14. The van der Waals surface area contributed by atoms with E-state index in [4.69, 9.17) is 0 Å². The van der Waals surface area contributed by atoms with Gasteiger partial charge in [-0.15, -0.1) is 0 Å². The van der Waals surface area contributed by atoms with Gasteiger partial charge in [0.1, 0.15) is 0 Å². The van der Waals surface area contributed by atoms with Gasteiger partial charge in [0, 0.05) is 4.47 Å². The molecule has 0 aliphatic heterocycles. The van der Waals surface area contributed by atoms with Crippen molar-refractivity contribution < 1.29 is 0 Å². The molecule has 0 saturated heterocycles. The molecule has 0 aliphatic rings. The summed E-state index contributed by atoms with van der Waals surface area (Å²) >= 11 is 7.67. The van der Waals surface area contributed by atoms with Crippen LogP contribution in [0.1, 0.15) is 16.7 Å². The maximum Gasteiger partial charge on any atom is 0.0175 e. The zero-order chi connectivity index (χ0) is 12.8. The minimum atomic E-state index is 0.897. The Balaban J connectivity index is 2.06. The molecule has 2 aromatic rings. The Morgan fingerprint density at radius 3 is 1.83 bits per heavy atom. The van der Waals surface area contributed by atoms with Crippen molar-refractivity contribution in [2.24, 2.45) is 0 Å². The van der Waals surface area contributed by atoms with Gasteiger partial charge in [-0.25, -0.2) is 0 Å². The van der Waals surface area contributed by atoms with Gasteiger partial charge in [-0.05, 0) is 41.0 Å². The minimum Gasteiger partial charge on any atom is -0.179 e. The Morgan fingerprint density at radius 2 is 1.33 bits per heavy atom. The third-order valence-corrected chi connectivity index (χ3v) is 3.47. The number of rotatable bonds is 4. The maximum atomic E-state index is 4.24. The molecule has 0 aliphatic carbocycles. The molecule has 0 aromatic heterocycles. The monoisotopic (exact) mass is 318 g/mol. The fraction of sp³-hybridized carbons (Fsp3) is 0.125. The van der Waals surface area contributed by atoms with Gasteiger partial charge in [0.05, 0.1) is 0 Å². The van der Waals surface area contributed by atoms with Crippen LogP contribution in [0.5, 0.6) is 0 Å². The van der Waals surface area contributed by atoms with E-state index < -0.39 is 0 Å². The van der Waals surface area contributed by atoms with Crippen molar-refractivity contribution in [3.63, 3.8) is 0 Å². The summed E-state index contributed by atoms with van der Waals surface area (Å²) in [6.45, 7) is 0. The number of hydrogen-bond donors (Lipinski definition) is 1. The summed E-state index contributed by atoms with van der Waals surface area (Å²) in [5.74, 6) is 0.897. The molecule has 2 heteroatoms. The molecule has 18 heavy (non-hydrogen) atoms. The van der Waals surface area contributed by atoms with Crippen LogP contribution in [0.3, 0.4) is 0 Å². The van der Waals surface area contributed by atoms with Gasteiger partial charge in [0.2, 0.25) is 0 Å². The molecule has 0 atom stereocenters. The van der Waals surface area contributed by atoms with Crippen LogP contribution in [-0.2, 0) is 6.42 Å². The lowest BCUT2D eigenvalue weighted by Gasteiger charge is -1.99. The number of aryl methyl sites for hydroxylation is 1. The molecule has 2 aromatic carbocycles. The van der Waals surface area contributed by atoms with Gasteiger partial charge >= 0.3 is 0 Å². The van der Waals surface area contributed by atoms with Crippen LogP contribution in [0, 0.1) is 0 Å². The van der Waals surface area contributed by atoms with E-state index in [1.54, 1.807) is 0 Å². The SMILES string of the molecule is SCCc1ccc(/C=C/c2ccc(Br)cc2)cc1. The number of thiol groups is 1. The Bertz CT molecular complexity index is 512. The van der Waals surface area contributed by atoms with E-state index in [0.717, 1.165) is 16.6 Å². The zero-order valence-corrected chi connectivity index (χ0v) is 12.5. The summed E-state index contributed by atoms with van der Waals surface area (Å²) in [4.78, 5) is 0. The van der Waals surface area contributed by atoms with Crippen molar-refractivity contribution in [1.29, 1.82) is 0 Å². The summed E-state index contributed by atoms with van der Waals surface area (Å²) in [7, 11) is 0. The highest BCUT2D eigenvalue weighted by molar-refractivity contribution is 9.10. The van der Waals surface area contributed by atoms with Gasteiger partial charge in [-0.3, -0.25) is 0 Å². The zero-order valence-electron chi connectivity index (χ0n) is 10.0. The third kappa shape index (κ3) is 4.04. The first-order valence-electron chi connectivity index (χ1n) is 5.91. The average molecular weight is 319 g/mol. The quantitative estimate of drug-likeness (QED) is 0.589. The molecule has 0 saturated carbocycles. The second-order valence-corrected chi connectivity index (χ2v) is 5.46. The molecular formula is C16H15BrS. The van der Waals surface area contributed by atoms with Crippen LogP contribution >= 0.6 is 28.6 Å². The second-order valence-electron chi connectivity index (χ2n) is 4.10. The molecule has 0 bridgehead atoms. The van der Waals surface area contributed by atoms with Gasteiger partial charge in [-0.2, -0.15) is 12.6 Å². The van der Waals surface area contributed by atoms with E-state index >= 15 is 0 Å². The van der Waals surface area contributed by atoms with Gasteiger partial charge in [-0.1, -0.05) is 64.5 Å². The standard InChI is InChI=1S/C16H15BrS/c17-16-9-7-14(8-10-16)2-1-13-3-5-15(6-4-13)11-12-18/h1-10,18H,11-12H2/b2-1+. The largest absolute Gasteiger partial charge is 0.179 e. The lowest BCUT2D eigenvalue weighted by molar-refractivity contribution is 1.16. The minimum absolute atomic E-state index is 0.897. The summed E-state index contributed by atoms with van der Waals surface area (Å²) < 4.78 is 1.11. The lowest BCUT2D eigenvalue weighted by Crippen LogP contribution is -1.85. The smallest absolute Gasteiger partial charge is 0.0175 e. The van der Waals surface area contributed by atoms with E-state index in [9.17, 15) is 0 Å². The van der Waals surface area contributed by atoms with Crippen LogP contribution in [0.4, 0.5) is 0 Å². The first-order valence-corrected chi connectivity index (χ1v) is 7.34. The Morgan fingerprint density at radius 1 is 0.833 bits per heavy atom. The van der Waals surface area contributed by atoms with Crippen molar-refractivity contribution in [3.8, 4) is 0 Å². The number of hydrogen-bond acceptors (Lipinski definition) is 1. The topological polar surface area (TPSA) is 0 Å². The Kier molecular flexibility index (Phi) is 5.09. The second kappa shape index (κ2) is 6.81. The van der Waals surface area contributed by atoms with E-state index in [1.807, 2.05) is 0 Å². The van der Waals surface area contributed by atoms with E-state index in [2.05, 4.69) is 89.2 Å². The summed E-state index contributed by atoms with van der Waals surface area (Å²) in [5, 5.41) is 0. The molecule has 0 spiro atoms. The average Bonchev–Trinajstić information content (AvgIpc) is 2.40. The molecule has 0 fully saturated rings. The van der Waals surface area contributed by atoms with Crippen molar-refractivity contribution in [3.05, 3.63) is 69.7 Å². The highest BCUT2D eigenvalue weighted by atomic mass is 79.9. The number of benzene rings is 2. The normalized spacial score (nSPS) is 11.0. The molecule has 0 unspecified atom stereocenters. The molecule has 92 valence electrons. The molecule has 0 N–H and O–H groups in total.